The van der Waals surface area contributed by atoms with Gasteiger partial charge in [0.2, 0.25) is 0 Å². The van der Waals surface area contributed by atoms with Gasteiger partial charge in [-0.05, 0) is 49.4 Å². The van der Waals surface area contributed by atoms with Crippen LogP contribution in [0.5, 0.6) is 0 Å². The van der Waals surface area contributed by atoms with E-state index in [1.807, 2.05) is 0 Å². The molecule has 1 aromatic carbocycles. The Balaban J connectivity index is 2.42. The zero-order valence-electron chi connectivity index (χ0n) is 11.5. The van der Waals surface area contributed by atoms with Crippen LogP contribution in [0.25, 0.3) is 0 Å². The van der Waals surface area contributed by atoms with Gasteiger partial charge in [0.15, 0.2) is 0 Å². The molecule has 0 aliphatic heterocycles. The van der Waals surface area contributed by atoms with Crippen molar-refractivity contribution >= 4 is 0 Å². The van der Waals surface area contributed by atoms with Crippen LogP contribution in [-0.4, -0.2) is 24.3 Å². The molecule has 0 fully saturated rings. The Hall–Kier alpha value is -0.860. The van der Waals surface area contributed by atoms with E-state index in [1.54, 1.807) is 0 Å². The fourth-order valence-electron chi connectivity index (χ4n) is 1.87. The summed E-state index contributed by atoms with van der Waals surface area (Å²) in [6.07, 6.45) is 1.02. The molecule has 17 heavy (non-hydrogen) atoms. The van der Waals surface area contributed by atoms with Gasteiger partial charge in [0.25, 0.3) is 0 Å². The van der Waals surface area contributed by atoms with Crippen LogP contribution in [0.1, 0.15) is 30.5 Å². The fraction of sp³-hybridized carbons (Fsp3) is 0.600. The van der Waals surface area contributed by atoms with Crippen LogP contribution in [0.3, 0.4) is 0 Å². The van der Waals surface area contributed by atoms with E-state index in [9.17, 15) is 5.11 Å². The van der Waals surface area contributed by atoms with Crippen molar-refractivity contribution in [2.45, 2.75) is 40.2 Å². The van der Waals surface area contributed by atoms with Crippen molar-refractivity contribution < 1.29 is 5.11 Å². The molecule has 2 heteroatoms. The first-order chi connectivity index (χ1) is 8.04. The van der Waals surface area contributed by atoms with E-state index < -0.39 is 0 Å². The first-order valence-corrected chi connectivity index (χ1v) is 6.45. The molecule has 0 aliphatic rings. The van der Waals surface area contributed by atoms with Gasteiger partial charge in [-0.25, -0.2) is 0 Å². The molecule has 2 nitrogen and oxygen atoms in total. The highest BCUT2D eigenvalue weighted by molar-refractivity contribution is 5.30. The van der Waals surface area contributed by atoms with Crippen LogP contribution in [-0.2, 0) is 6.42 Å². The van der Waals surface area contributed by atoms with Gasteiger partial charge in [-0.1, -0.05) is 32.0 Å². The highest BCUT2D eigenvalue weighted by Crippen LogP contribution is 2.10. The lowest BCUT2D eigenvalue weighted by molar-refractivity contribution is 0.212. The molecule has 1 unspecified atom stereocenters. The van der Waals surface area contributed by atoms with E-state index in [1.165, 1.54) is 16.7 Å². The summed E-state index contributed by atoms with van der Waals surface area (Å²) < 4.78 is 0. The van der Waals surface area contributed by atoms with Crippen LogP contribution in [0.4, 0.5) is 0 Å². The Morgan fingerprint density at radius 3 is 2.41 bits per heavy atom. The predicted octanol–water partition coefficient (Wildman–Crippen LogP) is 2.45. The number of hydrogen-bond acceptors (Lipinski definition) is 2. The highest BCUT2D eigenvalue weighted by Gasteiger charge is 2.10. The number of rotatable bonds is 6. The molecule has 2 N–H and O–H groups in total. The van der Waals surface area contributed by atoms with Gasteiger partial charge < -0.3 is 10.4 Å². The van der Waals surface area contributed by atoms with E-state index in [0.29, 0.717) is 5.92 Å². The summed E-state index contributed by atoms with van der Waals surface area (Å²) in [4.78, 5) is 0. The van der Waals surface area contributed by atoms with Crippen molar-refractivity contribution in [3.63, 3.8) is 0 Å². The second-order valence-electron chi connectivity index (χ2n) is 5.16. The van der Waals surface area contributed by atoms with Gasteiger partial charge >= 0.3 is 0 Å². The molecule has 0 radical (unpaired) electrons. The maximum absolute atomic E-state index is 9.21. The Kier molecular flexibility index (Phi) is 5.66. The number of aryl methyl sites for hydroxylation is 2. The molecule has 0 spiro atoms. The average Bonchev–Trinajstić information content (AvgIpc) is 2.28. The van der Waals surface area contributed by atoms with Crippen LogP contribution >= 0.6 is 0 Å². The third-order valence-corrected chi connectivity index (χ3v) is 3.39. The Morgan fingerprint density at radius 2 is 1.88 bits per heavy atom. The summed E-state index contributed by atoms with van der Waals surface area (Å²) in [5, 5.41) is 12.6. The molecule has 0 bridgehead atoms. The number of hydrogen-bond donors (Lipinski definition) is 2. The zero-order chi connectivity index (χ0) is 12.8. The molecule has 96 valence electrons. The number of aliphatic hydroxyl groups is 1. The minimum absolute atomic E-state index is 0.210. The predicted molar refractivity (Wildman–Crippen MR) is 73.3 cm³/mol. The van der Waals surface area contributed by atoms with Gasteiger partial charge in [-0.2, -0.15) is 0 Å². The lowest BCUT2D eigenvalue weighted by Gasteiger charge is -2.19. The van der Waals surface area contributed by atoms with E-state index in [0.717, 1.165) is 13.0 Å². The third-order valence-electron chi connectivity index (χ3n) is 3.39. The largest absolute Gasteiger partial charge is 0.395 e. The van der Waals surface area contributed by atoms with E-state index >= 15 is 0 Å². The normalized spacial score (nSPS) is 13.1. The summed E-state index contributed by atoms with van der Waals surface area (Å²) >= 11 is 0. The average molecular weight is 235 g/mol. The molecule has 0 saturated heterocycles. The van der Waals surface area contributed by atoms with E-state index in [4.69, 9.17) is 0 Å². The van der Waals surface area contributed by atoms with Gasteiger partial charge in [0.1, 0.15) is 0 Å². The number of nitrogens with one attached hydrogen (secondary N) is 1. The molecule has 0 aromatic heterocycles. The summed E-state index contributed by atoms with van der Waals surface area (Å²) in [5.74, 6) is 0.472. The topological polar surface area (TPSA) is 32.3 Å². The van der Waals surface area contributed by atoms with Crippen LogP contribution in [0.2, 0.25) is 0 Å². The van der Waals surface area contributed by atoms with Crippen molar-refractivity contribution in [3.05, 3.63) is 34.9 Å². The van der Waals surface area contributed by atoms with Crippen molar-refractivity contribution in [3.8, 4) is 0 Å². The number of aliphatic hydroxyl groups excluding tert-OH is 1. The lowest BCUT2D eigenvalue weighted by Crippen LogP contribution is -2.38. The first-order valence-electron chi connectivity index (χ1n) is 6.45. The fourth-order valence-corrected chi connectivity index (χ4v) is 1.87. The molecule has 0 heterocycles. The molecular weight excluding hydrogens is 210 g/mol. The molecule has 0 amide bonds. The van der Waals surface area contributed by atoms with Crippen molar-refractivity contribution in [2.75, 3.05) is 13.2 Å². The molecule has 1 rings (SSSR count). The summed E-state index contributed by atoms with van der Waals surface area (Å²) in [6, 6.07) is 6.83. The second-order valence-corrected chi connectivity index (χ2v) is 5.16. The Labute approximate surface area is 105 Å². The first kappa shape index (κ1) is 14.2. The van der Waals surface area contributed by atoms with Crippen LogP contribution in [0.15, 0.2) is 18.2 Å². The third kappa shape index (κ3) is 4.49. The van der Waals surface area contributed by atoms with Crippen molar-refractivity contribution in [2.24, 2.45) is 5.92 Å². The molecule has 1 atom stereocenters. The maximum Gasteiger partial charge on any atom is 0.0587 e. The summed E-state index contributed by atoms with van der Waals surface area (Å²) in [6.45, 7) is 9.68. The molecule has 1 aromatic rings. The van der Waals surface area contributed by atoms with Crippen molar-refractivity contribution in [1.82, 2.24) is 5.32 Å². The quantitative estimate of drug-likeness (QED) is 0.794. The summed E-state index contributed by atoms with van der Waals surface area (Å²) in [5.41, 5.74) is 4.06. The standard InChI is InChI=1S/C15H25NO/c1-11(2)15(10-17)16-8-7-14-6-5-12(3)13(4)9-14/h5-6,9,11,15-17H,7-8,10H2,1-4H3. The van der Waals surface area contributed by atoms with Gasteiger partial charge in [0.05, 0.1) is 6.61 Å². The van der Waals surface area contributed by atoms with Crippen LogP contribution < -0.4 is 5.32 Å². The van der Waals surface area contributed by atoms with Crippen LogP contribution in [0, 0.1) is 19.8 Å². The Morgan fingerprint density at radius 1 is 1.18 bits per heavy atom. The zero-order valence-corrected chi connectivity index (χ0v) is 11.5. The molecule has 0 saturated carbocycles. The highest BCUT2D eigenvalue weighted by atomic mass is 16.3. The minimum atomic E-state index is 0.210. The van der Waals surface area contributed by atoms with E-state index in [-0.39, 0.29) is 12.6 Å². The lowest BCUT2D eigenvalue weighted by atomic mass is 10.0. The monoisotopic (exact) mass is 235 g/mol. The van der Waals surface area contributed by atoms with Gasteiger partial charge in [-0.3, -0.25) is 0 Å². The van der Waals surface area contributed by atoms with E-state index in [2.05, 4.69) is 51.2 Å². The molecular formula is C15H25NO. The summed E-state index contributed by atoms with van der Waals surface area (Å²) in [7, 11) is 0. The SMILES string of the molecule is Cc1ccc(CCNC(CO)C(C)C)cc1C. The second kappa shape index (κ2) is 6.77. The maximum atomic E-state index is 9.21. The number of benzene rings is 1. The Bertz CT molecular complexity index is 347. The van der Waals surface area contributed by atoms with Gasteiger partial charge in [-0.15, -0.1) is 0 Å². The molecule has 0 aliphatic carbocycles. The van der Waals surface area contributed by atoms with Gasteiger partial charge in [0, 0.05) is 6.04 Å². The minimum Gasteiger partial charge on any atom is -0.395 e. The smallest absolute Gasteiger partial charge is 0.0587 e. The van der Waals surface area contributed by atoms with Crippen molar-refractivity contribution in [1.29, 1.82) is 0 Å².